The van der Waals surface area contributed by atoms with Gasteiger partial charge in [-0.2, -0.15) is 0 Å². The smallest absolute Gasteiger partial charge is 0.335 e. The zero-order valence-electron chi connectivity index (χ0n) is 14.1. The third-order valence-electron chi connectivity index (χ3n) is 3.50. The highest BCUT2D eigenvalue weighted by Gasteiger charge is 2.26. The van der Waals surface area contributed by atoms with Gasteiger partial charge >= 0.3 is 5.97 Å². The maximum Gasteiger partial charge on any atom is 0.335 e. The van der Waals surface area contributed by atoms with Gasteiger partial charge < -0.3 is 15.2 Å². The van der Waals surface area contributed by atoms with Crippen molar-refractivity contribution in [2.75, 3.05) is 18.5 Å². The van der Waals surface area contributed by atoms with Crippen LogP contribution in [0.5, 0.6) is 0 Å². The van der Waals surface area contributed by atoms with Crippen molar-refractivity contribution in [2.24, 2.45) is 0 Å². The van der Waals surface area contributed by atoms with Gasteiger partial charge in [-0.05, 0) is 51.8 Å². The number of ether oxygens (including phenoxy) is 1. The Morgan fingerprint density at radius 2 is 2.08 bits per heavy atom. The molecule has 1 aromatic rings. The van der Waals surface area contributed by atoms with Crippen LogP contribution in [0.15, 0.2) is 23.1 Å². The van der Waals surface area contributed by atoms with Crippen LogP contribution < -0.4 is 10.0 Å². The lowest BCUT2D eigenvalue weighted by molar-refractivity contribution is 0.0696. The Hall–Kier alpha value is -1.64. The number of sulfonamides is 1. The molecule has 0 radical (unpaired) electrons. The Morgan fingerprint density at radius 3 is 2.62 bits per heavy atom. The summed E-state index contributed by atoms with van der Waals surface area (Å²) in [5.41, 5.74) is -0.386. The highest BCUT2D eigenvalue weighted by molar-refractivity contribution is 7.89. The summed E-state index contributed by atoms with van der Waals surface area (Å²) >= 11 is 0. The van der Waals surface area contributed by atoms with Crippen molar-refractivity contribution in [3.05, 3.63) is 23.8 Å². The maximum absolute atomic E-state index is 12.7. The second-order valence-corrected chi connectivity index (χ2v) is 8.54. The molecule has 1 heterocycles. The number of aromatic carboxylic acids is 1. The monoisotopic (exact) mass is 356 g/mol. The first kappa shape index (κ1) is 18.7. The summed E-state index contributed by atoms with van der Waals surface area (Å²) in [7, 11) is -3.87. The lowest BCUT2D eigenvalue weighted by atomic mass is 10.1. The van der Waals surface area contributed by atoms with Gasteiger partial charge in [0.1, 0.15) is 4.90 Å². The van der Waals surface area contributed by atoms with Crippen molar-refractivity contribution >= 4 is 21.7 Å². The molecular formula is C16H24N2O5S. The van der Waals surface area contributed by atoms with E-state index in [0.29, 0.717) is 18.8 Å². The van der Waals surface area contributed by atoms with Crippen molar-refractivity contribution in [3.63, 3.8) is 0 Å². The minimum atomic E-state index is -3.87. The van der Waals surface area contributed by atoms with Crippen LogP contribution in [0.25, 0.3) is 0 Å². The Balaban J connectivity index is 2.33. The minimum absolute atomic E-state index is 0.0373. The van der Waals surface area contributed by atoms with Gasteiger partial charge in [0.05, 0.1) is 17.4 Å². The first-order valence-corrected chi connectivity index (χ1v) is 9.33. The van der Waals surface area contributed by atoms with E-state index in [4.69, 9.17) is 9.84 Å². The molecule has 3 N–H and O–H groups in total. The number of carbonyl (C=O) groups is 1. The summed E-state index contributed by atoms with van der Waals surface area (Å²) < 4.78 is 33.4. The molecule has 0 spiro atoms. The SMILES string of the molecule is CC(C)(C)NS(=O)(=O)c1cc(C(=O)O)ccc1NCC1CCCO1. The van der Waals surface area contributed by atoms with Gasteiger partial charge in [-0.3, -0.25) is 0 Å². The van der Waals surface area contributed by atoms with E-state index >= 15 is 0 Å². The molecule has 1 unspecified atom stereocenters. The van der Waals surface area contributed by atoms with Crippen LogP contribution in [0, 0.1) is 0 Å². The van der Waals surface area contributed by atoms with Gasteiger partial charge in [0, 0.05) is 18.7 Å². The van der Waals surface area contributed by atoms with Crippen LogP contribution in [-0.4, -0.2) is 44.3 Å². The summed E-state index contributed by atoms with van der Waals surface area (Å²) in [5, 5.41) is 12.2. The summed E-state index contributed by atoms with van der Waals surface area (Å²) in [6, 6.07) is 4.04. The molecule has 0 bridgehead atoms. The molecule has 1 aliphatic rings. The molecule has 1 saturated heterocycles. The molecule has 24 heavy (non-hydrogen) atoms. The molecule has 134 valence electrons. The molecule has 7 nitrogen and oxygen atoms in total. The lowest BCUT2D eigenvalue weighted by Crippen LogP contribution is -2.40. The Kier molecular flexibility index (Phi) is 5.52. The number of benzene rings is 1. The van der Waals surface area contributed by atoms with Crippen molar-refractivity contribution in [1.29, 1.82) is 0 Å². The first-order chi connectivity index (χ1) is 11.1. The summed E-state index contributed by atoms with van der Waals surface area (Å²) in [5.74, 6) is -1.17. The third kappa shape index (κ3) is 4.93. The molecule has 0 aliphatic carbocycles. The molecule has 0 aromatic heterocycles. The van der Waals surface area contributed by atoms with E-state index in [1.54, 1.807) is 20.8 Å². The summed E-state index contributed by atoms with van der Waals surface area (Å²) in [4.78, 5) is 11.1. The number of carboxylic acids is 1. The molecular weight excluding hydrogens is 332 g/mol. The van der Waals surface area contributed by atoms with Crippen molar-refractivity contribution in [3.8, 4) is 0 Å². The van der Waals surface area contributed by atoms with E-state index in [2.05, 4.69) is 10.0 Å². The van der Waals surface area contributed by atoms with E-state index in [1.165, 1.54) is 18.2 Å². The van der Waals surface area contributed by atoms with Gasteiger partial charge in [0.2, 0.25) is 10.0 Å². The maximum atomic E-state index is 12.7. The largest absolute Gasteiger partial charge is 0.478 e. The van der Waals surface area contributed by atoms with Crippen LogP contribution in [0.2, 0.25) is 0 Å². The number of rotatable bonds is 6. The number of hydrogen-bond donors (Lipinski definition) is 3. The summed E-state index contributed by atoms with van der Waals surface area (Å²) in [6.07, 6.45) is 1.94. The average Bonchev–Trinajstić information content (AvgIpc) is 2.95. The Morgan fingerprint density at radius 1 is 1.38 bits per heavy atom. The quantitative estimate of drug-likeness (QED) is 0.720. The molecule has 0 amide bonds. The predicted molar refractivity (Wildman–Crippen MR) is 90.9 cm³/mol. The molecule has 1 aromatic carbocycles. The Bertz CT molecular complexity index is 704. The number of anilines is 1. The van der Waals surface area contributed by atoms with E-state index in [9.17, 15) is 13.2 Å². The second kappa shape index (κ2) is 7.08. The molecule has 1 fully saturated rings. The Labute approximate surface area is 142 Å². The second-order valence-electron chi connectivity index (χ2n) is 6.89. The molecule has 1 aliphatic heterocycles. The molecule has 8 heteroatoms. The third-order valence-corrected chi connectivity index (χ3v) is 5.30. The van der Waals surface area contributed by atoms with Gasteiger partial charge in [-0.1, -0.05) is 0 Å². The fourth-order valence-corrected chi connectivity index (χ4v) is 4.14. The first-order valence-electron chi connectivity index (χ1n) is 7.85. The molecule has 0 saturated carbocycles. The van der Waals surface area contributed by atoms with Crippen molar-refractivity contribution in [2.45, 2.75) is 50.2 Å². The van der Waals surface area contributed by atoms with E-state index < -0.39 is 21.5 Å². The van der Waals surface area contributed by atoms with Crippen LogP contribution in [0.3, 0.4) is 0 Å². The topological polar surface area (TPSA) is 105 Å². The zero-order chi connectivity index (χ0) is 18.0. The van der Waals surface area contributed by atoms with Crippen LogP contribution in [0.4, 0.5) is 5.69 Å². The van der Waals surface area contributed by atoms with E-state index in [0.717, 1.165) is 12.8 Å². The standard InChI is InChI=1S/C16H24N2O5S/c1-16(2,3)18-24(21,22)14-9-11(15(19)20)6-7-13(14)17-10-12-5-4-8-23-12/h6-7,9,12,17-18H,4-5,8,10H2,1-3H3,(H,19,20). The fraction of sp³-hybridized carbons (Fsp3) is 0.562. The highest BCUT2D eigenvalue weighted by Crippen LogP contribution is 2.25. The van der Waals surface area contributed by atoms with Crippen molar-refractivity contribution in [1.82, 2.24) is 4.72 Å². The lowest BCUT2D eigenvalue weighted by Gasteiger charge is -2.22. The summed E-state index contributed by atoms with van der Waals surface area (Å²) in [6.45, 7) is 6.37. The minimum Gasteiger partial charge on any atom is -0.478 e. The van der Waals surface area contributed by atoms with Gasteiger partial charge in [-0.15, -0.1) is 0 Å². The van der Waals surface area contributed by atoms with E-state index in [-0.39, 0.29) is 16.6 Å². The zero-order valence-corrected chi connectivity index (χ0v) is 14.9. The van der Waals surface area contributed by atoms with Crippen molar-refractivity contribution < 1.29 is 23.1 Å². The highest BCUT2D eigenvalue weighted by atomic mass is 32.2. The van der Waals surface area contributed by atoms with Gasteiger partial charge in [0.25, 0.3) is 0 Å². The fourth-order valence-electron chi connectivity index (χ4n) is 2.51. The van der Waals surface area contributed by atoms with Gasteiger partial charge in [0.15, 0.2) is 0 Å². The number of hydrogen-bond acceptors (Lipinski definition) is 5. The predicted octanol–water partition coefficient (Wildman–Crippen LogP) is 2.05. The van der Waals surface area contributed by atoms with Gasteiger partial charge in [-0.25, -0.2) is 17.9 Å². The average molecular weight is 356 g/mol. The number of nitrogens with one attached hydrogen (secondary N) is 2. The van der Waals surface area contributed by atoms with Crippen LogP contribution in [0.1, 0.15) is 44.0 Å². The van der Waals surface area contributed by atoms with E-state index in [1.807, 2.05) is 0 Å². The van der Waals surface area contributed by atoms with Crippen LogP contribution in [-0.2, 0) is 14.8 Å². The molecule has 1 atom stereocenters. The molecule has 2 rings (SSSR count). The van der Waals surface area contributed by atoms with Crippen LogP contribution >= 0.6 is 0 Å². The number of carboxylic acid groups (broad SMARTS) is 1. The normalized spacial score (nSPS) is 18.5.